The highest BCUT2D eigenvalue weighted by molar-refractivity contribution is 6.36. The molecular formula is C8H2Cl2N2O. The molecule has 0 bridgehead atoms. The molecule has 13 heavy (non-hydrogen) atoms. The number of hydrogen-bond acceptors (Lipinski definition) is 3. The zero-order valence-electron chi connectivity index (χ0n) is 6.17. The second kappa shape index (κ2) is 3.53. The van der Waals surface area contributed by atoms with Gasteiger partial charge in [-0.15, -0.1) is 0 Å². The van der Waals surface area contributed by atoms with Crippen LogP contribution in [0.15, 0.2) is 6.07 Å². The minimum atomic E-state index is -0.395. The van der Waals surface area contributed by atoms with Gasteiger partial charge in [0.15, 0.2) is 5.75 Å². The summed E-state index contributed by atoms with van der Waals surface area (Å²) in [6.07, 6.45) is 0. The Morgan fingerprint density at radius 3 is 2.31 bits per heavy atom. The molecule has 0 radical (unpaired) electrons. The molecule has 1 rings (SSSR count). The smallest absolute Gasteiger partial charge is 0.153 e. The monoisotopic (exact) mass is 212 g/mol. The zero-order valence-corrected chi connectivity index (χ0v) is 7.69. The maximum absolute atomic E-state index is 9.25. The van der Waals surface area contributed by atoms with E-state index in [4.69, 9.17) is 33.7 Å². The van der Waals surface area contributed by atoms with Crippen LogP contribution in [0.3, 0.4) is 0 Å². The lowest BCUT2D eigenvalue weighted by molar-refractivity contribution is 0.474. The van der Waals surface area contributed by atoms with Gasteiger partial charge in [0.05, 0.1) is 15.6 Å². The van der Waals surface area contributed by atoms with Crippen LogP contribution in [0.4, 0.5) is 0 Å². The molecule has 0 spiro atoms. The van der Waals surface area contributed by atoms with Crippen molar-refractivity contribution in [3.05, 3.63) is 27.2 Å². The summed E-state index contributed by atoms with van der Waals surface area (Å²) in [6, 6.07) is 4.63. The summed E-state index contributed by atoms with van der Waals surface area (Å²) in [5, 5.41) is 26.3. The first-order valence-electron chi connectivity index (χ1n) is 3.13. The number of benzene rings is 1. The van der Waals surface area contributed by atoms with E-state index in [0.29, 0.717) is 0 Å². The van der Waals surface area contributed by atoms with Crippen molar-refractivity contribution in [1.29, 1.82) is 10.5 Å². The first-order valence-corrected chi connectivity index (χ1v) is 3.88. The van der Waals surface area contributed by atoms with Crippen molar-refractivity contribution in [1.82, 2.24) is 0 Å². The van der Waals surface area contributed by atoms with Gasteiger partial charge in [-0.2, -0.15) is 10.5 Å². The molecule has 64 valence electrons. The molecule has 0 amide bonds. The third-order valence-corrected chi connectivity index (χ3v) is 2.10. The van der Waals surface area contributed by atoms with Gasteiger partial charge in [-0.1, -0.05) is 23.2 Å². The van der Waals surface area contributed by atoms with E-state index in [0.717, 1.165) is 0 Å². The Bertz CT molecular complexity index is 443. The SMILES string of the molecule is N#Cc1cc(Cl)c(O)c(C#N)c1Cl. The standard InChI is InChI=1S/C8H2Cl2N2O/c9-6-1-4(2-11)7(10)5(3-12)8(6)13/h1,13H. The summed E-state index contributed by atoms with van der Waals surface area (Å²) in [6.45, 7) is 0. The summed E-state index contributed by atoms with van der Waals surface area (Å²) in [7, 11) is 0. The van der Waals surface area contributed by atoms with Crippen LogP contribution in [0.5, 0.6) is 5.75 Å². The van der Waals surface area contributed by atoms with E-state index in [9.17, 15) is 5.11 Å². The van der Waals surface area contributed by atoms with Crippen molar-refractivity contribution in [2.24, 2.45) is 0 Å². The highest BCUT2D eigenvalue weighted by Crippen LogP contribution is 2.34. The number of nitrogens with zero attached hydrogens (tertiary/aromatic N) is 2. The summed E-state index contributed by atoms with van der Waals surface area (Å²) in [5.74, 6) is -0.395. The predicted octanol–water partition coefficient (Wildman–Crippen LogP) is 2.44. The average molecular weight is 213 g/mol. The van der Waals surface area contributed by atoms with Gasteiger partial charge >= 0.3 is 0 Å². The molecule has 0 heterocycles. The first kappa shape index (κ1) is 9.67. The molecule has 0 aliphatic carbocycles. The van der Waals surface area contributed by atoms with Gasteiger partial charge in [-0.05, 0) is 6.07 Å². The molecule has 3 nitrogen and oxygen atoms in total. The number of aromatic hydroxyl groups is 1. The number of phenols is 1. The van der Waals surface area contributed by atoms with E-state index in [2.05, 4.69) is 0 Å². The second-order valence-electron chi connectivity index (χ2n) is 2.17. The van der Waals surface area contributed by atoms with Gasteiger partial charge in [0.2, 0.25) is 0 Å². The predicted molar refractivity (Wildman–Crippen MR) is 47.6 cm³/mol. The van der Waals surface area contributed by atoms with E-state index >= 15 is 0 Å². The van der Waals surface area contributed by atoms with Gasteiger partial charge in [0.25, 0.3) is 0 Å². The topological polar surface area (TPSA) is 67.8 Å². The van der Waals surface area contributed by atoms with Gasteiger partial charge in [0.1, 0.15) is 17.7 Å². The fraction of sp³-hybridized carbons (Fsp3) is 0. The van der Waals surface area contributed by atoms with Crippen LogP contribution in [-0.4, -0.2) is 5.11 Å². The van der Waals surface area contributed by atoms with Crippen LogP contribution in [0, 0.1) is 22.7 Å². The Morgan fingerprint density at radius 2 is 1.85 bits per heavy atom. The quantitative estimate of drug-likeness (QED) is 0.719. The normalized spacial score (nSPS) is 8.92. The average Bonchev–Trinajstić information content (AvgIpc) is 2.12. The molecule has 0 aliphatic rings. The Hall–Kier alpha value is -1.42. The third-order valence-electron chi connectivity index (χ3n) is 1.42. The molecular weight excluding hydrogens is 211 g/mol. The van der Waals surface area contributed by atoms with Crippen LogP contribution in [0.2, 0.25) is 10.0 Å². The van der Waals surface area contributed by atoms with Crippen LogP contribution < -0.4 is 0 Å². The summed E-state index contributed by atoms with van der Waals surface area (Å²) < 4.78 is 0. The fourth-order valence-electron chi connectivity index (χ4n) is 0.800. The highest BCUT2D eigenvalue weighted by atomic mass is 35.5. The molecule has 0 aliphatic heterocycles. The molecule has 1 aromatic rings. The zero-order chi connectivity index (χ0) is 10.0. The van der Waals surface area contributed by atoms with Crippen LogP contribution in [-0.2, 0) is 0 Å². The summed E-state index contributed by atoms with van der Waals surface area (Å²) in [4.78, 5) is 0. The highest BCUT2D eigenvalue weighted by Gasteiger charge is 2.14. The maximum atomic E-state index is 9.25. The molecule has 1 aromatic carbocycles. The summed E-state index contributed by atoms with van der Waals surface area (Å²) >= 11 is 11.2. The Kier molecular flexibility index (Phi) is 2.63. The van der Waals surface area contributed by atoms with Crippen LogP contribution in [0.1, 0.15) is 11.1 Å². The Balaban J connectivity index is 3.63. The van der Waals surface area contributed by atoms with E-state index in [1.165, 1.54) is 6.07 Å². The van der Waals surface area contributed by atoms with E-state index in [1.54, 1.807) is 12.1 Å². The molecule has 5 heteroatoms. The lowest BCUT2D eigenvalue weighted by Crippen LogP contribution is -1.85. The van der Waals surface area contributed by atoms with Crippen molar-refractivity contribution in [3.8, 4) is 17.9 Å². The minimum absolute atomic E-state index is 0.0579. The van der Waals surface area contributed by atoms with E-state index in [-0.39, 0.29) is 21.2 Å². The van der Waals surface area contributed by atoms with Gasteiger partial charge in [0, 0.05) is 0 Å². The van der Waals surface area contributed by atoms with E-state index in [1.807, 2.05) is 0 Å². The third kappa shape index (κ3) is 1.53. The minimum Gasteiger partial charge on any atom is -0.505 e. The number of nitriles is 2. The van der Waals surface area contributed by atoms with Gasteiger partial charge < -0.3 is 5.11 Å². The van der Waals surface area contributed by atoms with Gasteiger partial charge in [-0.3, -0.25) is 0 Å². The Labute approximate surface area is 84.3 Å². The second-order valence-corrected chi connectivity index (χ2v) is 2.95. The lowest BCUT2D eigenvalue weighted by Gasteiger charge is -2.02. The molecule has 0 atom stereocenters. The first-order chi connectivity index (χ1) is 6.11. The molecule has 0 aromatic heterocycles. The maximum Gasteiger partial charge on any atom is 0.153 e. The van der Waals surface area contributed by atoms with Crippen molar-refractivity contribution in [2.45, 2.75) is 0 Å². The van der Waals surface area contributed by atoms with Crippen LogP contribution in [0.25, 0.3) is 0 Å². The number of halogens is 2. The number of rotatable bonds is 0. The number of hydrogen-bond donors (Lipinski definition) is 1. The van der Waals surface area contributed by atoms with Gasteiger partial charge in [-0.25, -0.2) is 0 Å². The van der Waals surface area contributed by atoms with Crippen molar-refractivity contribution < 1.29 is 5.11 Å². The van der Waals surface area contributed by atoms with Crippen molar-refractivity contribution >= 4 is 23.2 Å². The molecule has 0 saturated carbocycles. The van der Waals surface area contributed by atoms with E-state index < -0.39 is 5.75 Å². The van der Waals surface area contributed by atoms with Crippen molar-refractivity contribution in [3.63, 3.8) is 0 Å². The molecule has 0 saturated heterocycles. The molecule has 1 N–H and O–H groups in total. The number of phenolic OH excluding ortho intramolecular Hbond substituents is 1. The van der Waals surface area contributed by atoms with Crippen LogP contribution >= 0.6 is 23.2 Å². The molecule has 0 fully saturated rings. The molecule has 0 unspecified atom stereocenters. The van der Waals surface area contributed by atoms with Crippen molar-refractivity contribution in [2.75, 3.05) is 0 Å². The Morgan fingerprint density at radius 1 is 1.23 bits per heavy atom. The fourth-order valence-corrected chi connectivity index (χ4v) is 1.23. The largest absolute Gasteiger partial charge is 0.505 e. The lowest BCUT2D eigenvalue weighted by atomic mass is 10.1. The summed E-state index contributed by atoms with van der Waals surface area (Å²) in [5.41, 5.74) is -0.105.